The minimum absolute atomic E-state index is 0.0330. The molecule has 0 aliphatic heterocycles. The zero-order valence-electron chi connectivity index (χ0n) is 23.0. The lowest BCUT2D eigenvalue weighted by molar-refractivity contribution is -0.147. The number of aromatic nitrogens is 3. The number of rotatable bonds is 10. The number of benzene rings is 1. The maximum atomic E-state index is 14.5. The van der Waals surface area contributed by atoms with Crippen molar-refractivity contribution >= 4 is 17.7 Å². The Morgan fingerprint density at radius 2 is 1.56 bits per heavy atom. The van der Waals surface area contributed by atoms with Gasteiger partial charge in [0.15, 0.2) is 23.0 Å². The second kappa shape index (κ2) is 12.8. The molecule has 1 fully saturated rings. The van der Waals surface area contributed by atoms with Crippen molar-refractivity contribution in [3.05, 3.63) is 70.8 Å². The van der Waals surface area contributed by atoms with E-state index in [2.05, 4.69) is 10.1 Å². The van der Waals surface area contributed by atoms with Crippen molar-refractivity contribution in [3.63, 3.8) is 0 Å². The number of carbonyl (C=O) groups excluding carboxylic acids is 2. The summed E-state index contributed by atoms with van der Waals surface area (Å²) in [6.07, 6.45) is -1.51. The lowest BCUT2D eigenvalue weighted by Gasteiger charge is -2.28. The number of hydrogen-bond acceptors (Lipinski definition) is 7. The highest BCUT2D eigenvalue weighted by atomic mass is 19.4. The predicted molar refractivity (Wildman–Crippen MR) is 139 cm³/mol. The second-order valence-electron chi connectivity index (χ2n) is 9.97. The van der Waals surface area contributed by atoms with Gasteiger partial charge in [-0.3, -0.25) is 24.0 Å². The molecular weight excluding hydrogens is 583 g/mol. The number of aliphatic carboxylic acids is 1. The number of carboxylic acid groups (broad SMARTS) is 1. The van der Waals surface area contributed by atoms with E-state index in [0.717, 1.165) is 18.3 Å². The molecule has 10 nitrogen and oxygen atoms in total. The molecule has 1 amide bonds. The number of pyridine rings is 1. The fourth-order valence-electron chi connectivity index (χ4n) is 5.20. The van der Waals surface area contributed by atoms with Gasteiger partial charge >= 0.3 is 12.1 Å². The number of hydrogen-bond donors (Lipinski definition) is 1. The van der Waals surface area contributed by atoms with Crippen molar-refractivity contribution in [2.24, 2.45) is 5.92 Å². The molecule has 230 valence electrons. The highest BCUT2D eigenvalue weighted by Gasteiger charge is 2.43. The van der Waals surface area contributed by atoms with Crippen molar-refractivity contribution in [2.75, 3.05) is 20.8 Å². The zero-order valence-corrected chi connectivity index (χ0v) is 23.0. The summed E-state index contributed by atoms with van der Waals surface area (Å²) >= 11 is 0. The van der Waals surface area contributed by atoms with Crippen molar-refractivity contribution < 1.29 is 50.9 Å². The van der Waals surface area contributed by atoms with Crippen LogP contribution in [0, 0.1) is 17.6 Å². The normalized spacial score (nSPS) is 16.9. The van der Waals surface area contributed by atoms with Gasteiger partial charge in [0, 0.05) is 12.6 Å². The molecule has 0 atom stereocenters. The molecule has 0 saturated heterocycles. The summed E-state index contributed by atoms with van der Waals surface area (Å²) in [6.45, 7) is -1.47. The molecule has 0 radical (unpaired) electrons. The molecule has 0 spiro atoms. The molecule has 1 N–H and O–H groups in total. The SMILES string of the molecule is COc1cncc(OC)c1C(=O)CN(Cc1cc(F)cc(F)c1)C(=O)c1cnn(C2CCC(C(=O)O)CC2)c1C(F)(F)F. The summed E-state index contributed by atoms with van der Waals surface area (Å²) in [5.74, 6) is -5.88. The molecule has 1 saturated carbocycles. The van der Waals surface area contributed by atoms with E-state index in [9.17, 15) is 41.4 Å². The molecule has 1 aliphatic rings. The lowest BCUT2D eigenvalue weighted by Crippen LogP contribution is -2.37. The van der Waals surface area contributed by atoms with Crippen LogP contribution in [-0.4, -0.2) is 63.2 Å². The Hall–Kier alpha value is -4.56. The average Bonchev–Trinajstić information content (AvgIpc) is 3.41. The van der Waals surface area contributed by atoms with Gasteiger partial charge in [0.05, 0.1) is 56.9 Å². The monoisotopic (exact) mass is 610 g/mol. The number of methoxy groups -OCH3 is 2. The van der Waals surface area contributed by atoms with Gasteiger partial charge in [-0.25, -0.2) is 8.78 Å². The van der Waals surface area contributed by atoms with Crippen LogP contribution in [-0.2, 0) is 17.5 Å². The van der Waals surface area contributed by atoms with Gasteiger partial charge in [0.25, 0.3) is 5.91 Å². The quantitative estimate of drug-likeness (QED) is 0.253. The zero-order chi connectivity index (χ0) is 31.5. The fourth-order valence-corrected chi connectivity index (χ4v) is 5.20. The number of amides is 1. The minimum Gasteiger partial charge on any atom is -0.494 e. The van der Waals surface area contributed by atoms with E-state index in [1.807, 2.05) is 0 Å². The Kier molecular flexibility index (Phi) is 9.30. The van der Waals surface area contributed by atoms with Gasteiger partial charge in [-0.1, -0.05) is 0 Å². The van der Waals surface area contributed by atoms with E-state index in [1.54, 1.807) is 0 Å². The number of ketones is 1. The molecule has 2 heterocycles. The topological polar surface area (TPSA) is 124 Å². The van der Waals surface area contributed by atoms with Gasteiger partial charge in [0.1, 0.15) is 17.2 Å². The minimum atomic E-state index is -5.07. The Labute approximate surface area is 242 Å². The third kappa shape index (κ3) is 6.92. The third-order valence-electron chi connectivity index (χ3n) is 7.20. The average molecular weight is 611 g/mol. The number of ether oxygens (including phenoxy) is 2. The van der Waals surface area contributed by atoms with Crippen LogP contribution >= 0.6 is 0 Å². The Morgan fingerprint density at radius 3 is 2.07 bits per heavy atom. The summed E-state index contributed by atoms with van der Waals surface area (Å²) in [6, 6.07) is 1.53. The van der Waals surface area contributed by atoms with Crippen LogP contribution in [0.5, 0.6) is 11.5 Å². The maximum Gasteiger partial charge on any atom is 0.433 e. The predicted octanol–water partition coefficient (Wildman–Crippen LogP) is 4.93. The summed E-state index contributed by atoms with van der Waals surface area (Å²) in [7, 11) is 2.50. The molecule has 1 aliphatic carbocycles. The first-order valence-electron chi connectivity index (χ1n) is 13.0. The van der Waals surface area contributed by atoms with E-state index >= 15 is 0 Å². The van der Waals surface area contributed by atoms with Gasteiger partial charge in [0.2, 0.25) is 0 Å². The van der Waals surface area contributed by atoms with Crippen LogP contribution in [0.3, 0.4) is 0 Å². The summed E-state index contributed by atoms with van der Waals surface area (Å²) in [5, 5.41) is 13.1. The third-order valence-corrected chi connectivity index (χ3v) is 7.20. The molecule has 43 heavy (non-hydrogen) atoms. The first kappa shape index (κ1) is 31.4. The van der Waals surface area contributed by atoms with Crippen molar-refractivity contribution in [2.45, 2.75) is 44.4 Å². The number of carbonyl (C=O) groups is 3. The molecule has 0 unspecified atom stereocenters. The highest BCUT2D eigenvalue weighted by molar-refractivity contribution is 6.05. The van der Waals surface area contributed by atoms with Crippen LogP contribution in [0.25, 0.3) is 0 Å². The second-order valence-corrected chi connectivity index (χ2v) is 9.97. The first-order chi connectivity index (χ1) is 20.3. The molecule has 2 aromatic heterocycles. The summed E-state index contributed by atoms with van der Waals surface area (Å²) in [4.78, 5) is 43.2. The van der Waals surface area contributed by atoms with Gasteiger partial charge in [-0.15, -0.1) is 0 Å². The Balaban J connectivity index is 1.75. The number of alkyl halides is 3. The standard InChI is InChI=1S/C28H27F5N4O6/c1-42-22-11-34-12-23(43-2)24(22)21(38)14-36(13-15-7-17(29)9-18(30)8-15)26(39)20-10-35-37(25(20)28(31,32)33)19-5-3-16(4-6-19)27(40)41/h7-12,16,19H,3-6,13-14H2,1-2H3,(H,40,41). The molecule has 0 bridgehead atoms. The van der Waals surface area contributed by atoms with Crippen LogP contribution in [0.2, 0.25) is 0 Å². The van der Waals surface area contributed by atoms with E-state index in [1.165, 1.54) is 26.6 Å². The van der Waals surface area contributed by atoms with Crippen molar-refractivity contribution in [1.29, 1.82) is 0 Å². The summed E-state index contributed by atoms with van der Waals surface area (Å²) < 4.78 is 82.3. The van der Waals surface area contributed by atoms with E-state index in [4.69, 9.17) is 9.47 Å². The Bertz CT molecular complexity index is 1480. The summed E-state index contributed by atoms with van der Waals surface area (Å²) in [5.41, 5.74) is -2.53. The van der Waals surface area contributed by atoms with Crippen LogP contribution in [0.4, 0.5) is 22.0 Å². The smallest absolute Gasteiger partial charge is 0.433 e. The lowest BCUT2D eigenvalue weighted by atomic mass is 9.86. The number of carboxylic acids is 1. The number of Topliss-reactive ketones (excluding diaryl/α,β-unsaturated/α-hetero) is 1. The number of nitrogens with zero attached hydrogens (tertiary/aromatic N) is 4. The van der Waals surface area contributed by atoms with E-state index < -0.39 is 71.8 Å². The van der Waals surface area contributed by atoms with Gasteiger partial charge < -0.3 is 19.5 Å². The van der Waals surface area contributed by atoms with Gasteiger partial charge in [-0.2, -0.15) is 18.3 Å². The molecule has 4 rings (SSSR count). The highest BCUT2D eigenvalue weighted by Crippen LogP contribution is 2.39. The van der Waals surface area contributed by atoms with Crippen molar-refractivity contribution in [1.82, 2.24) is 19.7 Å². The van der Waals surface area contributed by atoms with E-state index in [-0.39, 0.29) is 48.3 Å². The van der Waals surface area contributed by atoms with Crippen LogP contribution in [0.15, 0.2) is 36.8 Å². The Morgan fingerprint density at radius 1 is 0.977 bits per heavy atom. The fraction of sp³-hybridized carbons (Fsp3) is 0.393. The molecular formula is C28H27F5N4O6. The van der Waals surface area contributed by atoms with Crippen molar-refractivity contribution in [3.8, 4) is 11.5 Å². The first-order valence-corrected chi connectivity index (χ1v) is 13.0. The largest absolute Gasteiger partial charge is 0.494 e. The molecule has 15 heteroatoms. The number of halogens is 5. The van der Waals surface area contributed by atoms with E-state index in [0.29, 0.717) is 15.6 Å². The maximum absolute atomic E-state index is 14.5. The van der Waals surface area contributed by atoms with Crippen LogP contribution < -0.4 is 9.47 Å². The van der Waals surface area contributed by atoms with Gasteiger partial charge in [-0.05, 0) is 43.4 Å². The molecule has 3 aromatic rings. The molecule has 1 aromatic carbocycles. The van der Waals surface area contributed by atoms with Crippen LogP contribution in [0.1, 0.15) is 63.7 Å².